The summed E-state index contributed by atoms with van der Waals surface area (Å²) in [4.78, 5) is 27.0. The Balaban J connectivity index is 1.57. The number of sulfone groups is 1. The molecule has 0 unspecified atom stereocenters. The fraction of sp³-hybridized carbons (Fsp3) is 0.393. The highest BCUT2D eigenvalue weighted by molar-refractivity contribution is 7.90. The number of aromatic nitrogens is 3. The van der Waals surface area contributed by atoms with Gasteiger partial charge in [-0.2, -0.15) is 5.26 Å². The third kappa shape index (κ3) is 6.22. The van der Waals surface area contributed by atoms with Crippen LogP contribution in [0.3, 0.4) is 0 Å². The molecule has 1 amide bonds. The Kier molecular flexibility index (Phi) is 7.65. The van der Waals surface area contributed by atoms with Gasteiger partial charge in [-0.1, -0.05) is 0 Å². The lowest BCUT2D eigenvalue weighted by molar-refractivity contribution is -0.114. The predicted molar refractivity (Wildman–Crippen MR) is 155 cm³/mol. The van der Waals surface area contributed by atoms with Crippen molar-refractivity contribution < 1.29 is 27.4 Å². The van der Waals surface area contributed by atoms with E-state index in [1.165, 1.54) is 13.0 Å². The molecule has 2 N–H and O–H groups in total. The molecule has 0 aromatic carbocycles. The SMILES string of the molecule is CO[C@@H]1CN(c2cc(Nc3cc(NC(C)=O)ncc3-c3ccc4c(n3)OCC(C)(C)O4)nc(S(C)(=O)=O)c2)C[C@H]1C#N. The van der Waals surface area contributed by atoms with Crippen molar-refractivity contribution in [1.29, 1.82) is 5.26 Å². The molecule has 13 nitrogen and oxygen atoms in total. The van der Waals surface area contributed by atoms with E-state index in [1.54, 1.807) is 37.6 Å². The Hall–Kier alpha value is -4.48. The van der Waals surface area contributed by atoms with Gasteiger partial charge in [0.2, 0.25) is 5.91 Å². The lowest BCUT2D eigenvalue weighted by atomic mass is 10.1. The van der Waals surface area contributed by atoms with E-state index in [1.807, 2.05) is 18.7 Å². The van der Waals surface area contributed by atoms with E-state index in [4.69, 9.17) is 14.2 Å². The van der Waals surface area contributed by atoms with E-state index < -0.39 is 15.4 Å². The highest BCUT2D eigenvalue weighted by Crippen LogP contribution is 2.38. The summed E-state index contributed by atoms with van der Waals surface area (Å²) in [6.45, 7) is 6.30. The van der Waals surface area contributed by atoms with Gasteiger partial charge < -0.3 is 29.7 Å². The monoisotopic (exact) mass is 593 g/mol. The van der Waals surface area contributed by atoms with Crippen LogP contribution in [0, 0.1) is 17.2 Å². The van der Waals surface area contributed by atoms with Crippen LogP contribution in [0.4, 0.5) is 23.0 Å². The second-order valence-electron chi connectivity index (χ2n) is 10.8. The molecular formula is C28H31N7O6S. The van der Waals surface area contributed by atoms with Crippen LogP contribution in [0.1, 0.15) is 20.8 Å². The number of pyridine rings is 3. The molecule has 3 aromatic rings. The summed E-state index contributed by atoms with van der Waals surface area (Å²) >= 11 is 0. The first-order valence-corrected chi connectivity index (χ1v) is 15.0. The summed E-state index contributed by atoms with van der Waals surface area (Å²) in [5.74, 6) is 0.650. The van der Waals surface area contributed by atoms with Crippen LogP contribution in [-0.4, -0.2) is 74.0 Å². The number of hydrogen-bond acceptors (Lipinski definition) is 12. The van der Waals surface area contributed by atoms with Crippen LogP contribution < -0.4 is 25.0 Å². The molecule has 2 aliphatic rings. The molecule has 0 saturated carbocycles. The first-order valence-electron chi connectivity index (χ1n) is 13.1. The fourth-order valence-electron chi connectivity index (χ4n) is 4.75. The van der Waals surface area contributed by atoms with Gasteiger partial charge in [0.15, 0.2) is 20.6 Å². The van der Waals surface area contributed by atoms with Crippen molar-refractivity contribution >= 4 is 38.8 Å². The topological polar surface area (TPSA) is 169 Å². The summed E-state index contributed by atoms with van der Waals surface area (Å²) in [7, 11) is -2.15. The van der Waals surface area contributed by atoms with Crippen molar-refractivity contribution in [2.24, 2.45) is 5.92 Å². The van der Waals surface area contributed by atoms with Gasteiger partial charge in [-0.05, 0) is 32.0 Å². The molecule has 0 radical (unpaired) electrons. The smallest absolute Gasteiger partial charge is 0.257 e. The molecule has 0 spiro atoms. The minimum Gasteiger partial charge on any atom is -0.479 e. The average molecular weight is 594 g/mol. The average Bonchev–Trinajstić information content (AvgIpc) is 3.35. The summed E-state index contributed by atoms with van der Waals surface area (Å²) in [6.07, 6.45) is 2.30. The van der Waals surface area contributed by atoms with Crippen LogP contribution in [-0.2, 0) is 19.4 Å². The Bertz CT molecular complexity index is 1690. The molecular weight excluding hydrogens is 562 g/mol. The molecule has 14 heteroatoms. The summed E-state index contributed by atoms with van der Waals surface area (Å²) in [6, 6.07) is 10.6. The van der Waals surface area contributed by atoms with E-state index in [9.17, 15) is 18.5 Å². The van der Waals surface area contributed by atoms with Gasteiger partial charge in [-0.25, -0.2) is 23.4 Å². The van der Waals surface area contributed by atoms with Crippen LogP contribution in [0.5, 0.6) is 11.6 Å². The maximum atomic E-state index is 12.6. The molecule has 5 rings (SSSR count). The third-order valence-electron chi connectivity index (χ3n) is 6.78. The fourth-order valence-corrected chi connectivity index (χ4v) is 5.35. The number of carbonyl (C=O) groups excluding carboxylic acids is 1. The summed E-state index contributed by atoms with van der Waals surface area (Å²) in [5, 5.41) is 15.3. The van der Waals surface area contributed by atoms with Crippen molar-refractivity contribution in [2.45, 2.75) is 37.5 Å². The molecule has 1 fully saturated rings. The maximum Gasteiger partial charge on any atom is 0.257 e. The quantitative estimate of drug-likeness (QED) is 0.411. The van der Waals surface area contributed by atoms with Crippen molar-refractivity contribution in [3.8, 4) is 29.0 Å². The maximum absolute atomic E-state index is 12.6. The second-order valence-corrected chi connectivity index (χ2v) is 12.8. The lowest BCUT2D eigenvalue weighted by Crippen LogP contribution is -2.39. The van der Waals surface area contributed by atoms with E-state index in [2.05, 4.69) is 31.7 Å². The summed E-state index contributed by atoms with van der Waals surface area (Å²) < 4.78 is 42.5. The molecule has 1 saturated heterocycles. The van der Waals surface area contributed by atoms with Gasteiger partial charge in [0.25, 0.3) is 5.88 Å². The lowest BCUT2D eigenvalue weighted by Gasteiger charge is -2.31. The number of nitrogens with one attached hydrogen (secondary N) is 2. The molecule has 220 valence electrons. The number of nitrogens with zero attached hydrogens (tertiary/aromatic N) is 5. The molecule has 3 aromatic heterocycles. The number of nitriles is 1. The minimum absolute atomic E-state index is 0.144. The molecule has 0 bridgehead atoms. The number of carbonyl (C=O) groups is 1. The highest BCUT2D eigenvalue weighted by atomic mass is 32.2. The highest BCUT2D eigenvalue weighted by Gasteiger charge is 2.34. The summed E-state index contributed by atoms with van der Waals surface area (Å²) in [5.41, 5.74) is 1.56. The predicted octanol–water partition coefficient (Wildman–Crippen LogP) is 3.17. The van der Waals surface area contributed by atoms with Crippen molar-refractivity contribution in [3.05, 3.63) is 36.5 Å². The molecule has 2 atom stereocenters. The van der Waals surface area contributed by atoms with Gasteiger partial charge in [-0.15, -0.1) is 0 Å². The standard InChI is InChI=1S/C28H31N7O6S/c1-16(36)31-24-10-21(19(12-30-24)20-6-7-22-27(33-20)40-15-28(2,3)41-22)32-25-8-18(9-26(34-25)42(5,37)38)35-13-17(11-29)23(14-35)39-4/h6-10,12,17,23H,13-15H2,1-5H3,(H2,30,31,32,34,36)/t17-,23-/m1/s1. The Morgan fingerprint density at radius 1 is 1.19 bits per heavy atom. The molecule has 42 heavy (non-hydrogen) atoms. The molecule has 2 aliphatic heterocycles. The van der Waals surface area contributed by atoms with Crippen molar-refractivity contribution in [2.75, 3.05) is 48.6 Å². The first kappa shape index (κ1) is 29.0. The number of fused-ring (bicyclic) bond motifs is 1. The number of methoxy groups -OCH3 is 1. The normalized spacial score (nSPS) is 19.2. The minimum atomic E-state index is -3.70. The zero-order chi connectivity index (χ0) is 30.2. The van der Waals surface area contributed by atoms with Crippen molar-refractivity contribution in [1.82, 2.24) is 15.0 Å². The van der Waals surface area contributed by atoms with Crippen LogP contribution in [0.2, 0.25) is 0 Å². The third-order valence-corrected chi connectivity index (χ3v) is 7.75. The van der Waals surface area contributed by atoms with E-state index in [-0.39, 0.29) is 34.6 Å². The zero-order valence-electron chi connectivity index (χ0n) is 23.8. The van der Waals surface area contributed by atoms with E-state index in [0.717, 1.165) is 6.26 Å². The first-order chi connectivity index (χ1) is 19.8. The number of rotatable bonds is 7. The van der Waals surface area contributed by atoms with E-state index in [0.29, 0.717) is 54.0 Å². The van der Waals surface area contributed by atoms with E-state index >= 15 is 0 Å². The van der Waals surface area contributed by atoms with Crippen molar-refractivity contribution in [3.63, 3.8) is 0 Å². The number of ether oxygens (including phenoxy) is 3. The Morgan fingerprint density at radius 2 is 1.98 bits per heavy atom. The van der Waals surface area contributed by atoms with Crippen LogP contribution >= 0.6 is 0 Å². The second kappa shape index (κ2) is 11.1. The molecule has 0 aliphatic carbocycles. The number of anilines is 4. The van der Waals surface area contributed by atoms with Gasteiger partial charge in [0.05, 0.1) is 29.5 Å². The number of hydrogen-bond donors (Lipinski definition) is 2. The van der Waals surface area contributed by atoms with Gasteiger partial charge in [0, 0.05) is 63.0 Å². The molecule has 5 heterocycles. The Morgan fingerprint density at radius 3 is 2.64 bits per heavy atom. The van der Waals surface area contributed by atoms with Crippen LogP contribution in [0.15, 0.2) is 41.6 Å². The van der Waals surface area contributed by atoms with Crippen LogP contribution in [0.25, 0.3) is 11.3 Å². The number of amides is 1. The Labute approximate surface area is 243 Å². The largest absolute Gasteiger partial charge is 0.479 e. The van der Waals surface area contributed by atoms with Gasteiger partial charge in [0.1, 0.15) is 23.8 Å². The zero-order valence-corrected chi connectivity index (χ0v) is 24.7. The van der Waals surface area contributed by atoms with Gasteiger partial charge >= 0.3 is 0 Å². The van der Waals surface area contributed by atoms with Gasteiger partial charge in [-0.3, -0.25) is 4.79 Å².